The van der Waals surface area contributed by atoms with E-state index in [2.05, 4.69) is 0 Å². The monoisotopic (exact) mass is 499 g/mol. The molecule has 174 valence electrons. The summed E-state index contributed by atoms with van der Waals surface area (Å²) in [5, 5.41) is 0.338. The maximum atomic E-state index is 13.4. The van der Waals surface area contributed by atoms with Crippen LogP contribution >= 0.6 is 34.8 Å². The third-order valence-corrected chi connectivity index (χ3v) is 8.40. The highest BCUT2D eigenvalue weighted by atomic mass is 35.5. The van der Waals surface area contributed by atoms with E-state index in [9.17, 15) is 14.4 Å². The summed E-state index contributed by atoms with van der Waals surface area (Å²) in [6, 6.07) is 5.16. The van der Waals surface area contributed by atoms with E-state index in [0.29, 0.717) is 49.1 Å². The maximum absolute atomic E-state index is 13.4. The molecule has 3 fully saturated rings. The number of benzene rings is 1. The molecule has 1 aliphatic carbocycles. The van der Waals surface area contributed by atoms with Gasteiger partial charge >= 0.3 is 5.37 Å². The van der Waals surface area contributed by atoms with Gasteiger partial charge in [-0.25, -0.2) is 0 Å². The molecule has 4 rings (SSSR count). The average molecular weight is 501 g/mol. The molecular weight excluding hydrogens is 473 g/mol. The minimum atomic E-state index is -0.560. The summed E-state index contributed by atoms with van der Waals surface area (Å²) in [4.78, 5) is 43.1. The molecule has 1 saturated carbocycles. The number of amides is 3. The van der Waals surface area contributed by atoms with Gasteiger partial charge in [0.25, 0.3) is 0 Å². The van der Waals surface area contributed by atoms with E-state index in [1.165, 1.54) is 4.90 Å². The Morgan fingerprint density at radius 2 is 1.69 bits per heavy atom. The first kappa shape index (κ1) is 23.7. The van der Waals surface area contributed by atoms with Crippen LogP contribution in [-0.2, 0) is 9.59 Å². The third kappa shape index (κ3) is 4.59. The molecule has 2 atom stereocenters. The van der Waals surface area contributed by atoms with E-state index >= 15 is 0 Å². The maximum Gasteiger partial charge on any atom is 0.316 e. The zero-order chi connectivity index (χ0) is 23.2. The Kier molecular flexibility index (Phi) is 6.68. The van der Waals surface area contributed by atoms with Crippen LogP contribution in [0.2, 0.25) is 10.0 Å². The number of hydrogen-bond acceptors (Lipinski definition) is 3. The lowest BCUT2D eigenvalue weighted by molar-refractivity contribution is -0.142. The van der Waals surface area contributed by atoms with Crippen molar-refractivity contribution in [2.45, 2.75) is 44.6 Å². The predicted molar refractivity (Wildman–Crippen MR) is 125 cm³/mol. The van der Waals surface area contributed by atoms with Gasteiger partial charge in [-0.3, -0.25) is 14.4 Å². The van der Waals surface area contributed by atoms with Gasteiger partial charge in [0.15, 0.2) is 0 Å². The second kappa shape index (κ2) is 9.03. The fourth-order valence-electron chi connectivity index (χ4n) is 4.93. The molecule has 3 amide bonds. The van der Waals surface area contributed by atoms with Crippen LogP contribution in [0, 0.1) is 11.3 Å². The van der Waals surface area contributed by atoms with Crippen molar-refractivity contribution < 1.29 is 14.4 Å². The number of halogens is 3. The molecule has 2 saturated heterocycles. The van der Waals surface area contributed by atoms with Crippen molar-refractivity contribution in [3.05, 3.63) is 33.8 Å². The Morgan fingerprint density at radius 3 is 2.25 bits per heavy atom. The highest BCUT2D eigenvalue weighted by Gasteiger charge is 2.48. The molecule has 32 heavy (non-hydrogen) atoms. The topological polar surface area (TPSA) is 60.9 Å². The Hall–Kier alpha value is -1.50. The summed E-state index contributed by atoms with van der Waals surface area (Å²) < 4.78 is 0. The van der Waals surface area contributed by atoms with E-state index in [-0.39, 0.29) is 35.1 Å². The van der Waals surface area contributed by atoms with E-state index in [1.54, 1.807) is 19.2 Å². The van der Waals surface area contributed by atoms with Gasteiger partial charge in [-0.15, -0.1) is 0 Å². The van der Waals surface area contributed by atoms with Gasteiger partial charge in [0.1, 0.15) is 0 Å². The fourth-order valence-corrected chi connectivity index (χ4v) is 5.36. The first-order valence-electron chi connectivity index (χ1n) is 11.1. The SMILES string of the molecule is CN(C(=O)Cl)[C@H]1CN(C(=O)C2CCN(C(=O)C3(C)CC3)CC2)C[C@@H]1c1ccc(Cl)c(Cl)c1. The van der Waals surface area contributed by atoms with Crippen LogP contribution < -0.4 is 0 Å². The normalized spacial score (nSPS) is 25.0. The number of hydrogen-bond donors (Lipinski definition) is 0. The molecule has 0 N–H and O–H groups in total. The molecule has 6 nitrogen and oxygen atoms in total. The smallest absolute Gasteiger partial charge is 0.316 e. The molecule has 2 aliphatic heterocycles. The summed E-state index contributed by atoms with van der Waals surface area (Å²) in [5.41, 5.74) is 0.743. The molecule has 0 spiro atoms. The van der Waals surface area contributed by atoms with Gasteiger partial charge < -0.3 is 14.7 Å². The first-order chi connectivity index (χ1) is 15.1. The molecule has 2 heterocycles. The molecular formula is C23H28Cl3N3O3. The second-order valence-corrected chi connectivity index (χ2v) is 10.7. The third-order valence-electron chi connectivity index (χ3n) is 7.39. The molecule has 0 bridgehead atoms. The van der Waals surface area contributed by atoms with Crippen molar-refractivity contribution in [2.75, 3.05) is 33.2 Å². The van der Waals surface area contributed by atoms with Gasteiger partial charge in [-0.1, -0.05) is 36.2 Å². The van der Waals surface area contributed by atoms with E-state index in [1.807, 2.05) is 22.8 Å². The summed E-state index contributed by atoms with van der Waals surface area (Å²) in [5.74, 6) is 0.0819. The number of nitrogens with zero attached hydrogens (tertiary/aromatic N) is 3. The van der Waals surface area contributed by atoms with Crippen LogP contribution in [0.25, 0.3) is 0 Å². The summed E-state index contributed by atoms with van der Waals surface area (Å²) in [6.45, 7) is 4.16. The molecule has 0 aromatic heterocycles. The van der Waals surface area contributed by atoms with Crippen LogP contribution in [-0.4, -0.2) is 71.1 Å². The Labute approximate surface area is 203 Å². The second-order valence-electron chi connectivity index (χ2n) is 9.58. The van der Waals surface area contributed by atoms with Gasteiger partial charge in [-0.2, -0.15) is 0 Å². The number of likely N-dealkylation sites (tertiary alicyclic amines) is 2. The van der Waals surface area contributed by atoms with Gasteiger partial charge in [-0.05, 0) is 55.0 Å². The largest absolute Gasteiger partial charge is 0.342 e. The first-order valence-corrected chi connectivity index (χ1v) is 12.2. The minimum absolute atomic E-state index is 0.0812. The van der Waals surface area contributed by atoms with Crippen LogP contribution in [0.4, 0.5) is 4.79 Å². The van der Waals surface area contributed by atoms with E-state index < -0.39 is 5.37 Å². The highest BCUT2D eigenvalue weighted by Crippen LogP contribution is 2.47. The lowest BCUT2D eigenvalue weighted by Gasteiger charge is -2.34. The zero-order valence-corrected chi connectivity index (χ0v) is 20.6. The summed E-state index contributed by atoms with van der Waals surface area (Å²) in [6.07, 6.45) is 3.26. The molecule has 1 aromatic carbocycles. The van der Waals surface area contributed by atoms with Crippen LogP contribution in [0.5, 0.6) is 0 Å². The lowest BCUT2D eigenvalue weighted by Crippen LogP contribution is -2.46. The van der Waals surface area contributed by atoms with Crippen molar-refractivity contribution in [1.29, 1.82) is 0 Å². The number of carbonyl (C=O) groups excluding carboxylic acids is 3. The number of likely N-dealkylation sites (N-methyl/N-ethyl adjacent to an activating group) is 1. The zero-order valence-electron chi connectivity index (χ0n) is 18.3. The fraction of sp³-hybridized carbons (Fsp3) is 0.609. The van der Waals surface area contributed by atoms with Crippen LogP contribution in [0.1, 0.15) is 44.1 Å². The van der Waals surface area contributed by atoms with Crippen molar-refractivity contribution in [3.63, 3.8) is 0 Å². The predicted octanol–water partition coefficient (Wildman–Crippen LogP) is 4.62. The molecule has 0 radical (unpaired) electrons. The standard InChI is InChI=1S/C23H28Cl3N3O3/c1-23(7-8-23)21(31)28-9-5-14(6-10-28)20(30)29-12-16(19(13-29)27(2)22(26)32)15-3-4-17(24)18(25)11-15/h3-4,11,14,16,19H,5-10,12-13H2,1-2H3/t16-,19+/m1/s1. The average Bonchev–Trinajstić information content (AvgIpc) is 3.38. The summed E-state index contributed by atoms with van der Waals surface area (Å²) in [7, 11) is 1.65. The molecule has 0 unspecified atom stereocenters. The van der Waals surface area contributed by atoms with Crippen molar-refractivity contribution in [3.8, 4) is 0 Å². The summed E-state index contributed by atoms with van der Waals surface area (Å²) >= 11 is 18.1. The minimum Gasteiger partial charge on any atom is -0.342 e. The number of piperidine rings is 1. The van der Waals surface area contributed by atoms with Crippen molar-refractivity contribution in [1.82, 2.24) is 14.7 Å². The van der Waals surface area contributed by atoms with Crippen molar-refractivity contribution >= 4 is 52.0 Å². The lowest BCUT2D eigenvalue weighted by atomic mass is 9.93. The number of carbonyl (C=O) groups is 3. The van der Waals surface area contributed by atoms with Crippen LogP contribution in [0.15, 0.2) is 18.2 Å². The molecule has 9 heteroatoms. The highest BCUT2D eigenvalue weighted by molar-refractivity contribution is 6.62. The van der Waals surface area contributed by atoms with Crippen LogP contribution in [0.3, 0.4) is 0 Å². The van der Waals surface area contributed by atoms with Gasteiger partial charge in [0, 0.05) is 50.5 Å². The van der Waals surface area contributed by atoms with E-state index in [4.69, 9.17) is 34.8 Å². The number of rotatable bonds is 4. The Balaban J connectivity index is 1.45. The quantitative estimate of drug-likeness (QED) is 0.448. The van der Waals surface area contributed by atoms with Crippen molar-refractivity contribution in [2.24, 2.45) is 11.3 Å². The Bertz CT molecular complexity index is 928. The molecule has 3 aliphatic rings. The van der Waals surface area contributed by atoms with Gasteiger partial charge in [0.2, 0.25) is 11.8 Å². The van der Waals surface area contributed by atoms with Gasteiger partial charge in [0.05, 0.1) is 16.1 Å². The molecule has 1 aromatic rings. The Morgan fingerprint density at radius 1 is 1.03 bits per heavy atom. The van der Waals surface area contributed by atoms with E-state index in [0.717, 1.165) is 18.4 Å².